The van der Waals surface area contributed by atoms with Gasteiger partial charge < -0.3 is 5.32 Å². The predicted octanol–water partition coefficient (Wildman–Crippen LogP) is 3.32. The summed E-state index contributed by atoms with van der Waals surface area (Å²) in [6.45, 7) is 6.06. The molecule has 0 bridgehead atoms. The third-order valence-electron chi connectivity index (χ3n) is 4.79. The topological polar surface area (TPSA) is 66.5 Å². The SMILES string of the molecule is CCN(CC(=O)NCCC1=CCCCC1)S(=O)(=O)c1cc(C)ccc1C. The van der Waals surface area contributed by atoms with Crippen LogP contribution in [0.3, 0.4) is 0 Å². The number of sulfonamides is 1. The molecular weight excluding hydrogens is 348 g/mol. The Labute approximate surface area is 157 Å². The van der Waals surface area contributed by atoms with Gasteiger partial charge in [-0.3, -0.25) is 4.79 Å². The molecule has 0 heterocycles. The van der Waals surface area contributed by atoms with Gasteiger partial charge in [-0.15, -0.1) is 0 Å². The molecule has 0 saturated carbocycles. The van der Waals surface area contributed by atoms with Crippen LogP contribution in [0.1, 0.15) is 50.2 Å². The van der Waals surface area contributed by atoms with Gasteiger partial charge in [0.1, 0.15) is 0 Å². The fraction of sp³-hybridized carbons (Fsp3) is 0.550. The molecule has 0 spiro atoms. The van der Waals surface area contributed by atoms with Gasteiger partial charge in [-0.1, -0.05) is 30.7 Å². The van der Waals surface area contributed by atoms with E-state index in [9.17, 15) is 13.2 Å². The van der Waals surface area contributed by atoms with Crippen LogP contribution in [-0.4, -0.2) is 38.3 Å². The lowest BCUT2D eigenvalue weighted by molar-refractivity contribution is -0.121. The molecular formula is C20H30N2O3S. The van der Waals surface area contributed by atoms with E-state index < -0.39 is 10.0 Å². The van der Waals surface area contributed by atoms with Crippen molar-refractivity contribution in [3.05, 3.63) is 41.0 Å². The van der Waals surface area contributed by atoms with Crippen LogP contribution < -0.4 is 5.32 Å². The first-order valence-corrected chi connectivity index (χ1v) is 10.8. The smallest absolute Gasteiger partial charge is 0.243 e. The van der Waals surface area contributed by atoms with Crippen molar-refractivity contribution in [2.75, 3.05) is 19.6 Å². The van der Waals surface area contributed by atoms with Crippen molar-refractivity contribution in [1.29, 1.82) is 0 Å². The van der Waals surface area contributed by atoms with E-state index in [1.54, 1.807) is 26.0 Å². The molecule has 6 heteroatoms. The molecule has 0 aromatic heterocycles. The van der Waals surface area contributed by atoms with Crippen molar-refractivity contribution in [3.63, 3.8) is 0 Å². The molecule has 0 saturated heterocycles. The first-order valence-electron chi connectivity index (χ1n) is 9.36. The second-order valence-electron chi connectivity index (χ2n) is 6.91. The highest BCUT2D eigenvalue weighted by molar-refractivity contribution is 7.89. The average molecular weight is 379 g/mol. The fourth-order valence-corrected chi connectivity index (χ4v) is 4.92. The standard InChI is InChI=1S/C20H30N2O3S/c1-4-22(26(24,25)19-14-16(2)10-11-17(19)3)15-20(23)21-13-12-18-8-6-5-7-9-18/h8,10-11,14H,4-7,9,12-13,15H2,1-3H3,(H,21,23). The monoisotopic (exact) mass is 378 g/mol. The summed E-state index contributed by atoms with van der Waals surface area (Å²) in [6, 6.07) is 5.35. The highest BCUT2D eigenvalue weighted by Crippen LogP contribution is 2.21. The molecule has 1 amide bonds. The van der Waals surface area contributed by atoms with Crippen molar-refractivity contribution < 1.29 is 13.2 Å². The van der Waals surface area contributed by atoms with Crippen molar-refractivity contribution in [2.24, 2.45) is 0 Å². The van der Waals surface area contributed by atoms with E-state index in [1.165, 1.54) is 22.7 Å². The molecule has 1 aliphatic carbocycles. The van der Waals surface area contributed by atoms with Gasteiger partial charge in [0.25, 0.3) is 0 Å². The van der Waals surface area contributed by atoms with Crippen LogP contribution in [0.5, 0.6) is 0 Å². The van der Waals surface area contributed by atoms with Crippen LogP contribution in [0.25, 0.3) is 0 Å². The number of aryl methyl sites for hydroxylation is 2. The van der Waals surface area contributed by atoms with E-state index in [2.05, 4.69) is 11.4 Å². The minimum atomic E-state index is -3.68. The molecule has 0 fully saturated rings. The number of carbonyl (C=O) groups is 1. The number of carbonyl (C=O) groups excluding carboxylic acids is 1. The normalized spacial score (nSPS) is 15.0. The second-order valence-corrected chi connectivity index (χ2v) is 8.81. The van der Waals surface area contributed by atoms with E-state index in [1.807, 2.05) is 13.0 Å². The molecule has 0 unspecified atom stereocenters. The highest BCUT2D eigenvalue weighted by atomic mass is 32.2. The molecule has 0 aliphatic heterocycles. The van der Waals surface area contributed by atoms with Gasteiger partial charge in [0.2, 0.25) is 15.9 Å². The summed E-state index contributed by atoms with van der Waals surface area (Å²) in [6.07, 6.45) is 7.81. The molecule has 1 aliphatic rings. The van der Waals surface area contributed by atoms with Crippen LogP contribution >= 0.6 is 0 Å². The van der Waals surface area contributed by atoms with Crippen molar-refractivity contribution in [1.82, 2.24) is 9.62 Å². The number of amides is 1. The Morgan fingerprint density at radius 3 is 2.65 bits per heavy atom. The first kappa shape index (κ1) is 20.6. The van der Waals surface area contributed by atoms with Gasteiger partial charge in [-0.25, -0.2) is 8.42 Å². The molecule has 0 atom stereocenters. The molecule has 144 valence electrons. The van der Waals surface area contributed by atoms with Crippen LogP contribution in [0, 0.1) is 13.8 Å². The highest BCUT2D eigenvalue weighted by Gasteiger charge is 2.26. The molecule has 1 aromatic rings. The first-order chi connectivity index (χ1) is 12.3. The van der Waals surface area contributed by atoms with E-state index in [4.69, 9.17) is 0 Å². The lowest BCUT2D eigenvalue weighted by Crippen LogP contribution is -2.41. The molecule has 5 nitrogen and oxygen atoms in total. The molecule has 0 radical (unpaired) electrons. The van der Waals surface area contributed by atoms with E-state index in [-0.39, 0.29) is 23.9 Å². The number of allylic oxidation sites excluding steroid dienone is 1. The third kappa shape index (κ3) is 5.42. The van der Waals surface area contributed by atoms with E-state index in [0.717, 1.165) is 24.8 Å². The molecule has 1 aromatic carbocycles. The van der Waals surface area contributed by atoms with Gasteiger partial charge in [0.15, 0.2) is 0 Å². The largest absolute Gasteiger partial charge is 0.355 e. The minimum Gasteiger partial charge on any atom is -0.355 e. The summed E-state index contributed by atoms with van der Waals surface area (Å²) in [4.78, 5) is 12.5. The number of hydrogen-bond acceptors (Lipinski definition) is 3. The number of benzene rings is 1. The van der Waals surface area contributed by atoms with Crippen molar-refractivity contribution >= 4 is 15.9 Å². The summed E-state index contributed by atoms with van der Waals surface area (Å²) in [5.41, 5.74) is 2.97. The Morgan fingerprint density at radius 1 is 1.23 bits per heavy atom. The number of hydrogen-bond donors (Lipinski definition) is 1. The van der Waals surface area contributed by atoms with E-state index >= 15 is 0 Å². The third-order valence-corrected chi connectivity index (χ3v) is 6.85. The van der Waals surface area contributed by atoms with Crippen molar-refractivity contribution in [2.45, 2.75) is 57.8 Å². The van der Waals surface area contributed by atoms with Gasteiger partial charge in [-0.05, 0) is 63.1 Å². The quantitative estimate of drug-likeness (QED) is 0.706. The van der Waals surface area contributed by atoms with Gasteiger partial charge >= 0.3 is 0 Å². The zero-order valence-electron chi connectivity index (χ0n) is 16.0. The van der Waals surface area contributed by atoms with Crippen LogP contribution in [0.15, 0.2) is 34.7 Å². The fourth-order valence-electron chi connectivity index (χ4n) is 3.20. The zero-order valence-corrected chi connectivity index (χ0v) is 16.9. The van der Waals surface area contributed by atoms with Crippen LogP contribution in [-0.2, 0) is 14.8 Å². The van der Waals surface area contributed by atoms with Gasteiger partial charge in [0, 0.05) is 13.1 Å². The Morgan fingerprint density at radius 2 is 2.00 bits per heavy atom. The summed E-state index contributed by atoms with van der Waals surface area (Å²) in [5, 5.41) is 2.86. The maximum Gasteiger partial charge on any atom is 0.243 e. The summed E-state index contributed by atoms with van der Waals surface area (Å²) < 4.78 is 27.1. The number of rotatable bonds is 8. The molecule has 1 N–H and O–H groups in total. The number of nitrogens with zero attached hydrogens (tertiary/aromatic N) is 1. The van der Waals surface area contributed by atoms with Gasteiger partial charge in [0.05, 0.1) is 11.4 Å². The lowest BCUT2D eigenvalue weighted by Gasteiger charge is -2.21. The van der Waals surface area contributed by atoms with Crippen LogP contribution in [0.4, 0.5) is 0 Å². The van der Waals surface area contributed by atoms with Gasteiger partial charge in [-0.2, -0.15) is 4.31 Å². The minimum absolute atomic E-state index is 0.148. The maximum atomic E-state index is 12.9. The number of likely N-dealkylation sites (N-methyl/N-ethyl adjacent to an activating group) is 1. The summed E-state index contributed by atoms with van der Waals surface area (Å²) in [7, 11) is -3.68. The van der Waals surface area contributed by atoms with Crippen molar-refractivity contribution in [3.8, 4) is 0 Å². The predicted molar refractivity (Wildman–Crippen MR) is 105 cm³/mol. The molecule has 2 rings (SSSR count). The summed E-state index contributed by atoms with van der Waals surface area (Å²) in [5.74, 6) is -0.253. The zero-order chi connectivity index (χ0) is 19.2. The average Bonchev–Trinajstić information content (AvgIpc) is 2.62. The second kappa shape index (κ2) is 9.33. The Kier molecular flexibility index (Phi) is 7.41. The van der Waals surface area contributed by atoms with E-state index in [0.29, 0.717) is 12.1 Å². The molecule has 26 heavy (non-hydrogen) atoms. The Bertz CT molecular complexity index is 769. The summed E-state index contributed by atoms with van der Waals surface area (Å²) >= 11 is 0. The lowest BCUT2D eigenvalue weighted by atomic mass is 9.97. The Hall–Kier alpha value is -1.66. The maximum absolute atomic E-state index is 12.9. The Balaban J connectivity index is 1.97. The van der Waals surface area contributed by atoms with Crippen LogP contribution in [0.2, 0.25) is 0 Å². The number of nitrogens with one attached hydrogen (secondary N) is 1.